The van der Waals surface area contributed by atoms with Crippen LogP contribution < -0.4 is 5.32 Å². The SMILES string of the molecule is C=CNC1=CC=C(C(C)C)C=CC1. The zero-order valence-electron chi connectivity index (χ0n) is 8.38. The lowest BCUT2D eigenvalue weighted by molar-refractivity contribution is 0.792. The number of rotatable bonds is 3. The maximum absolute atomic E-state index is 3.64. The van der Waals surface area contributed by atoms with Crippen molar-refractivity contribution in [1.29, 1.82) is 0 Å². The molecule has 0 saturated heterocycles. The van der Waals surface area contributed by atoms with Crippen molar-refractivity contribution < 1.29 is 0 Å². The molecule has 0 atom stereocenters. The van der Waals surface area contributed by atoms with E-state index in [9.17, 15) is 0 Å². The smallest absolute Gasteiger partial charge is 0.0184 e. The first-order valence-corrected chi connectivity index (χ1v) is 4.68. The van der Waals surface area contributed by atoms with Crippen molar-refractivity contribution in [2.75, 3.05) is 0 Å². The topological polar surface area (TPSA) is 12.0 Å². The van der Waals surface area contributed by atoms with Crippen molar-refractivity contribution >= 4 is 0 Å². The lowest BCUT2D eigenvalue weighted by Gasteiger charge is -2.02. The van der Waals surface area contributed by atoms with Crippen LogP contribution in [0.3, 0.4) is 0 Å². The van der Waals surface area contributed by atoms with Crippen LogP contribution >= 0.6 is 0 Å². The summed E-state index contributed by atoms with van der Waals surface area (Å²) in [5.41, 5.74) is 2.57. The minimum atomic E-state index is 0.593. The monoisotopic (exact) mass is 175 g/mol. The highest BCUT2D eigenvalue weighted by Crippen LogP contribution is 2.16. The standard InChI is InChI=1S/C12H17N/c1-4-13-12-7-5-6-11(8-9-12)10(2)3/h4-6,8-10,13H,1,7H2,2-3H3. The molecule has 1 nitrogen and oxygen atoms in total. The van der Waals surface area contributed by atoms with E-state index in [1.54, 1.807) is 6.20 Å². The van der Waals surface area contributed by atoms with Gasteiger partial charge in [0, 0.05) is 12.1 Å². The van der Waals surface area contributed by atoms with Gasteiger partial charge in [0.1, 0.15) is 0 Å². The van der Waals surface area contributed by atoms with Gasteiger partial charge in [-0.15, -0.1) is 0 Å². The Labute approximate surface area is 80.5 Å². The molecule has 1 aliphatic carbocycles. The Hall–Kier alpha value is -1.24. The van der Waals surface area contributed by atoms with E-state index in [-0.39, 0.29) is 0 Å². The van der Waals surface area contributed by atoms with Gasteiger partial charge in [-0.25, -0.2) is 0 Å². The first kappa shape index (κ1) is 9.85. The fourth-order valence-corrected chi connectivity index (χ4v) is 1.27. The molecule has 0 bridgehead atoms. The van der Waals surface area contributed by atoms with Crippen molar-refractivity contribution in [3.63, 3.8) is 0 Å². The van der Waals surface area contributed by atoms with Crippen molar-refractivity contribution in [1.82, 2.24) is 5.32 Å². The van der Waals surface area contributed by atoms with Gasteiger partial charge in [0.05, 0.1) is 0 Å². The van der Waals surface area contributed by atoms with Crippen molar-refractivity contribution in [2.45, 2.75) is 20.3 Å². The van der Waals surface area contributed by atoms with E-state index in [1.807, 2.05) is 0 Å². The van der Waals surface area contributed by atoms with Crippen molar-refractivity contribution in [2.24, 2.45) is 5.92 Å². The van der Waals surface area contributed by atoms with Crippen LogP contribution in [0.5, 0.6) is 0 Å². The van der Waals surface area contributed by atoms with E-state index in [1.165, 1.54) is 11.3 Å². The normalized spacial score (nSPS) is 16.2. The molecule has 0 fully saturated rings. The second-order valence-corrected chi connectivity index (χ2v) is 3.47. The van der Waals surface area contributed by atoms with E-state index in [4.69, 9.17) is 0 Å². The second-order valence-electron chi connectivity index (χ2n) is 3.47. The summed E-state index contributed by atoms with van der Waals surface area (Å²) in [6, 6.07) is 0. The van der Waals surface area contributed by atoms with Gasteiger partial charge in [0.25, 0.3) is 0 Å². The van der Waals surface area contributed by atoms with Gasteiger partial charge in [-0.3, -0.25) is 0 Å². The zero-order valence-corrected chi connectivity index (χ0v) is 8.38. The van der Waals surface area contributed by atoms with Gasteiger partial charge in [-0.2, -0.15) is 0 Å². The molecule has 13 heavy (non-hydrogen) atoms. The third kappa shape index (κ3) is 2.94. The van der Waals surface area contributed by atoms with Crippen molar-refractivity contribution in [3.8, 4) is 0 Å². The molecule has 1 rings (SSSR count). The van der Waals surface area contributed by atoms with E-state index in [2.05, 4.69) is 50.0 Å². The summed E-state index contributed by atoms with van der Waals surface area (Å²) in [4.78, 5) is 0. The molecule has 0 radical (unpaired) electrons. The fraction of sp³-hybridized carbons (Fsp3) is 0.333. The molecule has 0 spiro atoms. The molecular weight excluding hydrogens is 158 g/mol. The van der Waals surface area contributed by atoms with E-state index >= 15 is 0 Å². The third-order valence-electron chi connectivity index (χ3n) is 2.08. The molecule has 0 aromatic carbocycles. The quantitative estimate of drug-likeness (QED) is 0.694. The molecule has 0 aromatic heterocycles. The summed E-state index contributed by atoms with van der Waals surface area (Å²) in [5.74, 6) is 0.593. The van der Waals surface area contributed by atoms with Crippen LogP contribution in [-0.4, -0.2) is 0 Å². The Morgan fingerprint density at radius 1 is 1.46 bits per heavy atom. The predicted molar refractivity (Wildman–Crippen MR) is 58.1 cm³/mol. The highest BCUT2D eigenvalue weighted by atomic mass is 14.8. The van der Waals surface area contributed by atoms with E-state index < -0.39 is 0 Å². The third-order valence-corrected chi connectivity index (χ3v) is 2.08. The van der Waals surface area contributed by atoms with Crippen LogP contribution in [0.1, 0.15) is 20.3 Å². The molecule has 70 valence electrons. The lowest BCUT2D eigenvalue weighted by atomic mass is 10.0. The van der Waals surface area contributed by atoms with E-state index in [0.717, 1.165) is 6.42 Å². The highest BCUT2D eigenvalue weighted by Gasteiger charge is 2.01. The Kier molecular flexibility index (Phi) is 3.56. The summed E-state index contributed by atoms with van der Waals surface area (Å²) < 4.78 is 0. The molecule has 1 N–H and O–H groups in total. The molecule has 1 aliphatic rings. The molecule has 0 saturated carbocycles. The Balaban J connectivity index is 2.76. The summed E-state index contributed by atoms with van der Waals surface area (Å²) in [5, 5.41) is 3.11. The molecule has 0 amide bonds. The largest absolute Gasteiger partial charge is 0.365 e. The summed E-state index contributed by atoms with van der Waals surface area (Å²) in [6.07, 6.45) is 11.3. The number of hydrogen-bond acceptors (Lipinski definition) is 1. The fourth-order valence-electron chi connectivity index (χ4n) is 1.27. The van der Waals surface area contributed by atoms with Gasteiger partial charge in [0.15, 0.2) is 0 Å². The maximum Gasteiger partial charge on any atom is 0.0184 e. The molecular formula is C12H17N. The Morgan fingerprint density at radius 3 is 2.85 bits per heavy atom. The number of allylic oxidation sites excluding steroid dienone is 5. The highest BCUT2D eigenvalue weighted by molar-refractivity contribution is 5.31. The molecule has 0 unspecified atom stereocenters. The summed E-state index contributed by atoms with van der Waals surface area (Å²) >= 11 is 0. The van der Waals surface area contributed by atoms with Crippen LogP contribution in [0.4, 0.5) is 0 Å². The van der Waals surface area contributed by atoms with Crippen LogP contribution in [0.25, 0.3) is 0 Å². The van der Waals surface area contributed by atoms with Crippen LogP contribution in [0.2, 0.25) is 0 Å². The van der Waals surface area contributed by atoms with E-state index in [0.29, 0.717) is 5.92 Å². The second kappa shape index (κ2) is 4.70. The first-order valence-electron chi connectivity index (χ1n) is 4.68. The first-order chi connectivity index (χ1) is 6.24. The van der Waals surface area contributed by atoms with Crippen LogP contribution in [0, 0.1) is 5.92 Å². The van der Waals surface area contributed by atoms with Crippen LogP contribution in [-0.2, 0) is 0 Å². The minimum absolute atomic E-state index is 0.593. The molecule has 0 heterocycles. The van der Waals surface area contributed by atoms with Crippen molar-refractivity contribution in [3.05, 3.63) is 48.4 Å². The van der Waals surface area contributed by atoms with Gasteiger partial charge in [0.2, 0.25) is 0 Å². The number of nitrogens with one attached hydrogen (secondary N) is 1. The zero-order chi connectivity index (χ0) is 9.68. The lowest BCUT2D eigenvalue weighted by Crippen LogP contribution is -2.01. The van der Waals surface area contributed by atoms with Crippen LogP contribution in [0.15, 0.2) is 48.4 Å². The summed E-state index contributed by atoms with van der Waals surface area (Å²) in [6.45, 7) is 8.05. The van der Waals surface area contributed by atoms with Gasteiger partial charge < -0.3 is 5.32 Å². The number of hydrogen-bond donors (Lipinski definition) is 1. The Morgan fingerprint density at radius 2 is 2.23 bits per heavy atom. The van der Waals surface area contributed by atoms with Gasteiger partial charge in [-0.05, 0) is 23.8 Å². The van der Waals surface area contributed by atoms with Gasteiger partial charge >= 0.3 is 0 Å². The molecule has 1 heteroatoms. The molecule has 0 aromatic rings. The average Bonchev–Trinajstić information content (AvgIpc) is 2.30. The average molecular weight is 175 g/mol. The molecule has 0 aliphatic heterocycles. The predicted octanol–water partition coefficient (Wildman–Crippen LogP) is 3.15. The Bertz CT molecular complexity index is 267. The maximum atomic E-state index is 3.64. The van der Waals surface area contributed by atoms with Gasteiger partial charge in [-0.1, -0.05) is 38.7 Å². The summed E-state index contributed by atoms with van der Waals surface area (Å²) in [7, 11) is 0. The minimum Gasteiger partial charge on any atom is -0.365 e.